The number of ether oxygens (including phenoxy) is 1. The smallest absolute Gasteiger partial charge is 0.200 e. The number of nitrogens with zero attached hydrogens (tertiary/aromatic N) is 5. The van der Waals surface area contributed by atoms with Gasteiger partial charge in [0, 0.05) is 12.0 Å². The molecule has 0 amide bonds. The van der Waals surface area contributed by atoms with Crippen LogP contribution in [0, 0.1) is 0 Å². The maximum absolute atomic E-state index is 5.65. The molecule has 0 spiro atoms. The van der Waals surface area contributed by atoms with Gasteiger partial charge in [0.25, 0.3) is 0 Å². The van der Waals surface area contributed by atoms with Crippen molar-refractivity contribution in [3.63, 3.8) is 0 Å². The van der Waals surface area contributed by atoms with Crippen molar-refractivity contribution in [1.82, 2.24) is 25.3 Å². The van der Waals surface area contributed by atoms with Gasteiger partial charge in [-0.15, -0.1) is 14.8 Å². The van der Waals surface area contributed by atoms with Gasteiger partial charge in [-0.1, -0.05) is 18.2 Å². The van der Waals surface area contributed by atoms with Gasteiger partial charge in [0.15, 0.2) is 5.65 Å². The van der Waals surface area contributed by atoms with E-state index in [0.29, 0.717) is 12.3 Å². The Morgan fingerprint density at radius 3 is 3.15 bits per heavy atom. The fourth-order valence-corrected chi connectivity index (χ4v) is 2.40. The number of tetrazole rings is 1. The van der Waals surface area contributed by atoms with Gasteiger partial charge in [-0.2, -0.15) is 0 Å². The molecule has 7 heteroatoms. The lowest BCUT2D eigenvalue weighted by molar-refractivity contribution is 0.274. The van der Waals surface area contributed by atoms with Crippen molar-refractivity contribution in [3.05, 3.63) is 42.0 Å². The molecule has 100 valence electrons. The molecule has 0 saturated heterocycles. The quantitative estimate of drug-likeness (QED) is 0.758. The van der Waals surface area contributed by atoms with Crippen molar-refractivity contribution in [2.24, 2.45) is 0 Å². The van der Waals surface area contributed by atoms with Crippen LogP contribution in [0.2, 0.25) is 0 Å². The largest absolute Gasteiger partial charge is 0.493 e. The third kappa shape index (κ3) is 1.83. The van der Waals surface area contributed by atoms with E-state index in [1.165, 1.54) is 4.63 Å². The van der Waals surface area contributed by atoms with Crippen molar-refractivity contribution in [1.29, 1.82) is 0 Å². The second-order valence-corrected chi connectivity index (χ2v) is 4.62. The summed E-state index contributed by atoms with van der Waals surface area (Å²) >= 11 is 0. The van der Waals surface area contributed by atoms with E-state index >= 15 is 0 Å². The molecule has 4 rings (SSSR count). The van der Waals surface area contributed by atoms with Gasteiger partial charge in [0.1, 0.15) is 11.6 Å². The lowest BCUT2D eigenvalue weighted by Crippen LogP contribution is -2.21. The van der Waals surface area contributed by atoms with E-state index in [-0.39, 0.29) is 6.04 Å². The molecule has 0 radical (unpaired) electrons. The Bertz CT molecular complexity index is 755. The van der Waals surface area contributed by atoms with E-state index in [0.717, 1.165) is 23.6 Å². The SMILES string of the molecule is c1ccc2c(c1)OCCC2Nc1ccc2nnnn2n1. The molecule has 20 heavy (non-hydrogen) atoms. The zero-order chi connectivity index (χ0) is 13.4. The summed E-state index contributed by atoms with van der Waals surface area (Å²) in [5, 5.41) is 19.0. The molecule has 0 fully saturated rings. The summed E-state index contributed by atoms with van der Waals surface area (Å²) in [6.45, 7) is 0.696. The summed E-state index contributed by atoms with van der Waals surface area (Å²) in [6, 6.07) is 11.9. The topological polar surface area (TPSA) is 77.2 Å². The average Bonchev–Trinajstić information content (AvgIpc) is 2.95. The Labute approximate surface area is 114 Å². The van der Waals surface area contributed by atoms with Crippen molar-refractivity contribution >= 4 is 11.5 Å². The number of hydrogen-bond acceptors (Lipinski definition) is 6. The van der Waals surface area contributed by atoms with Crippen LogP contribution >= 0.6 is 0 Å². The first-order chi connectivity index (χ1) is 9.90. The first-order valence-electron chi connectivity index (χ1n) is 6.44. The van der Waals surface area contributed by atoms with Crippen LogP contribution in [0.25, 0.3) is 5.65 Å². The molecule has 1 aliphatic rings. The fraction of sp³-hybridized carbons (Fsp3) is 0.231. The molecule has 1 atom stereocenters. The number of para-hydroxylation sites is 1. The number of rotatable bonds is 2. The third-order valence-corrected chi connectivity index (χ3v) is 3.35. The Balaban J connectivity index is 1.66. The van der Waals surface area contributed by atoms with Crippen LogP contribution in [-0.4, -0.2) is 31.9 Å². The first-order valence-corrected chi connectivity index (χ1v) is 6.44. The van der Waals surface area contributed by atoms with E-state index < -0.39 is 0 Å². The Morgan fingerprint density at radius 2 is 2.15 bits per heavy atom. The van der Waals surface area contributed by atoms with Crippen molar-refractivity contribution in [2.75, 3.05) is 11.9 Å². The maximum atomic E-state index is 5.65. The Kier molecular flexibility index (Phi) is 2.48. The van der Waals surface area contributed by atoms with Gasteiger partial charge in [-0.3, -0.25) is 0 Å². The molecule has 7 nitrogen and oxygen atoms in total. The molecule has 0 saturated carbocycles. The highest BCUT2D eigenvalue weighted by Gasteiger charge is 2.21. The number of nitrogens with one attached hydrogen (secondary N) is 1. The minimum atomic E-state index is 0.182. The van der Waals surface area contributed by atoms with Gasteiger partial charge in [-0.25, -0.2) is 0 Å². The summed E-state index contributed by atoms with van der Waals surface area (Å²) in [6.07, 6.45) is 0.895. The number of anilines is 1. The van der Waals surface area contributed by atoms with Gasteiger partial charge in [-0.05, 0) is 28.6 Å². The Morgan fingerprint density at radius 1 is 1.20 bits per heavy atom. The molecular formula is C13H12N6O. The van der Waals surface area contributed by atoms with Crippen LogP contribution in [0.4, 0.5) is 5.82 Å². The van der Waals surface area contributed by atoms with Crippen molar-refractivity contribution < 1.29 is 4.74 Å². The highest BCUT2D eigenvalue weighted by molar-refractivity contribution is 5.46. The molecule has 0 aliphatic carbocycles. The lowest BCUT2D eigenvalue weighted by Gasteiger charge is -2.26. The predicted molar refractivity (Wildman–Crippen MR) is 71.5 cm³/mol. The molecule has 1 N–H and O–H groups in total. The molecule has 2 aromatic heterocycles. The van der Waals surface area contributed by atoms with E-state index in [4.69, 9.17) is 4.74 Å². The molecule has 3 heterocycles. The average molecular weight is 268 g/mol. The van der Waals surface area contributed by atoms with Gasteiger partial charge in [0.2, 0.25) is 0 Å². The monoisotopic (exact) mass is 268 g/mol. The van der Waals surface area contributed by atoms with Crippen molar-refractivity contribution in [3.8, 4) is 5.75 Å². The van der Waals surface area contributed by atoms with Crippen LogP contribution < -0.4 is 10.1 Å². The van der Waals surface area contributed by atoms with Gasteiger partial charge >= 0.3 is 0 Å². The van der Waals surface area contributed by atoms with E-state index in [2.05, 4.69) is 32.0 Å². The summed E-state index contributed by atoms with van der Waals surface area (Å²) in [7, 11) is 0. The van der Waals surface area contributed by atoms with Crippen LogP contribution in [0.15, 0.2) is 36.4 Å². The Hall–Kier alpha value is -2.70. The molecule has 3 aromatic rings. The third-order valence-electron chi connectivity index (χ3n) is 3.35. The zero-order valence-corrected chi connectivity index (χ0v) is 10.6. The van der Waals surface area contributed by atoms with E-state index in [1.807, 2.05) is 30.3 Å². The summed E-state index contributed by atoms with van der Waals surface area (Å²) in [5.41, 5.74) is 1.78. The summed E-state index contributed by atoms with van der Waals surface area (Å²) in [5.74, 6) is 1.67. The van der Waals surface area contributed by atoms with Crippen LogP contribution in [0.5, 0.6) is 5.75 Å². The molecule has 1 unspecified atom stereocenters. The highest BCUT2D eigenvalue weighted by atomic mass is 16.5. The molecule has 1 aromatic carbocycles. The van der Waals surface area contributed by atoms with Crippen LogP contribution in [0.3, 0.4) is 0 Å². The van der Waals surface area contributed by atoms with Gasteiger partial charge < -0.3 is 10.1 Å². The second-order valence-electron chi connectivity index (χ2n) is 4.62. The van der Waals surface area contributed by atoms with Crippen molar-refractivity contribution in [2.45, 2.75) is 12.5 Å². The first kappa shape index (κ1) is 11.2. The summed E-state index contributed by atoms with van der Waals surface area (Å²) in [4.78, 5) is 0. The molecule has 1 aliphatic heterocycles. The maximum Gasteiger partial charge on any atom is 0.200 e. The number of benzene rings is 1. The minimum absolute atomic E-state index is 0.182. The van der Waals surface area contributed by atoms with E-state index in [9.17, 15) is 0 Å². The van der Waals surface area contributed by atoms with Crippen LogP contribution in [-0.2, 0) is 0 Å². The minimum Gasteiger partial charge on any atom is -0.493 e. The molecular weight excluding hydrogens is 256 g/mol. The normalized spacial score (nSPS) is 17.5. The molecule has 0 bridgehead atoms. The van der Waals surface area contributed by atoms with Crippen LogP contribution in [0.1, 0.15) is 18.0 Å². The zero-order valence-electron chi connectivity index (χ0n) is 10.6. The number of aromatic nitrogens is 5. The fourth-order valence-electron chi connectivity index (χ4n) is 2.40. The standard InChI is InChI=1S/C13H12N6O/c1-2-4-11-9(3-1)10(7-8-20-11)14-12-5-6-13-15-17-18-19(13)16-12/h1-6,10H,7-8H2,(H,14,16). The van der Waals surface area contributed by atoms with E-state index in [1.54, 1.807) is 0 Å². The number of hydrogen-bond donors (Lipinski definition) is 1. The summed E-state index contributed by atoms with van der Waals surface area (Å²) < 4.78 is 7.06. The highest BCUT2D eigenvalue weighted by Crippen LogP contribution is 2.33. The number of fused-ring (bicyclic) bond motifs is 2. The lowest BCUT2D eigenvalue weighted by atomic mass is 10.0. The predicted octanol–water partition coefficient (Wildman–Crippen LogP) is 1.45. The second kappa shape index (κ2) is 4.44. The van der Waals surface area contributed by atoms with Gasteiger partial charge in [0.05, 0.1) is 12.6 Å².